The molecule has 0 N–H and O–H groups in total. The van der Waals surface area contributed by atoms with Crippen LogP contribution in [0, 0.1) is 0 Å². The van der Waals surface area contributed by atoms with E-state index in [-0.39, 0.29) is 24.9 Å². The van der Waals surface area contributed by atoms with Crippen LogP contribution in [0.1, 0.15) is 132 Å². The summed E-state index contributed by atoms with van der Waals surface area (Å²) in [6, 6.07) is 37.4. The summed E-state index contributed by atoms with van der Waals surface area (Å²) in [6.07, 6.45) is 12.2. The summed E-state index contributed by atoms with van der Waals surface area (Å²) in [4.78, 5) is 61.1. The first-order chi connectivity index (χ1) is 27.4. The number of hydrogen-bond donors (Lipinski definition) is 0. The van der Waals surface area contributed by atoms with Crippen molar-refractivity contribution in [3.8, 4) is 0 Å². The molecule has 288 valence electrons. The molecule has 0 aliphatic carbocycles. The van der Waals surface area contributed by atoms with Crippen LogP contribution in [0.15, 0.2) is 121 Å². The standard InChI is InChI=1S/C50H54N2O4/c1-3-5-7-9-11-19-35-51(47(53)43-31-21-25-37-23-13-15-27-39(37)43)49(55)45-33-34-46(42-30-18-17-29-41(42)45)50(56)52(36-20-12-10-8-6-4-2)48(54)44-32-22-26-38-24-14-16-28-40(38)44/h13-18,21-34H,3-12,19-20,35-36H2,1-2H3. The van der Waals surface area contributed by atoms with Gasteiger partial charge in [0, 0.05) is 35.3 Å². The average molecular weight is 747 g/mol. The second kappa shape index (κ2) is 19.8. The van der Waals surface area contributed by atoms with Crippen LogP contribution >= 0.6 is 0 Å². The molecule has 0 aromatic heterocycles. The molecule has 0 saturated carbocycles. The SMILES string of the molecule is CCCCCCCCN(C(=O)c1cccc2ccccc12)C(=O)c1ccc(C(=O)N(CCCCCCCC)C(=O)c2cccc3ccccc23)c2ccccc12. The number of carbonyl (C=O) groups excluding carboxylic acids is 4. The fourth-order valence-corrected chi connectivity index (χ4v) is 7.77. The molecule has 0 aliphatic heterocycles. The second-order valence-corrected chi connectivity index (χ2v) is 14.8. The highest BCUT2D eigenvalue weighted by Gasteiger charge is 2.30. The zero-order chi connectivity index (χ0) is 39.3. The molecule has 6 rings (SSSR count). The highest BCUT2D eigenvalue weighted by molar-refractivity contribution is 6.22. The monoisotopic (exact) mass is 746 g/mol. The number of carbonyl (C=O) groups is 4. The van der Waals surface area contributed by atoms with Crippen LogP contribution < -0.4 is 0 Å². The Kier molecular flexibility index (Phi) is 14.2. The minimum atomic E-state index is -0.401. The van der Waals surface area contributed by atoms with E-state index in [1.165, 1.54) is 22.6 Å². The van der Waals surface area contributed by atoms with Crippen LogP contribution in [0.3, 0.4) is 0 Å². The predicted molar refractivity (Wildman–Crippen MR) is 229 cm³/mol. The van der Waals surface area contributed by atoms with Gasteiger partial charge in [-0.25, -0.2) is 0 Å². The molecule has 0 spiro atoms. The number of fused-ring (bicyclic) bond motifs is 3. The Morgan fingerprint density at radius 3 is 1.04 bits per heavy atom. The van der Waals surface area contributed by atoms with Crippen LogP contribution in [0.2, 0.25) is 0 Å². The Morgan fingerprint density at radius 2 is 0.643 bits per heavy atom. The molecule has 0 bridgehead atoms. The van der Waals surface area contributed by atoms with Gasteiger partial charge in [-0.15, -0.1) is 0 Å². The van der Waals surface area contributed by atoms with Crippen molar-refractivity contribution in [1.29, 1.82) is 0 Å². The highest BCUT2D eigenvalue weighted by atomic mass is 16.2. The van der Waals surface area contributed by atoms with Crippen molar-refractivity contribution in [1.82, 2.24) is 9.80 Å². The van der Waals surface area contributed by atoms with Gasteiger partial charge in [-0.1, -0.05) is 175 Å². The van der Waals surface area contributed by atoms with Crippen molar-refractivity contribution in [3.05, 3.63) is 144 Å². The molecule has 0 fully saturated rings. The Hall–Kier alpha value is -5.62. The topological polar surface area (TPSA) is 74.8 Å². The van der Waals surface area contributed by atoms with Crippen molar-refractivity contribution < 1.29 is 19.2 Å². The zero-order valence-electron chi connectivity index (χ0n) is 33.0. The van der Waals surface area contributed by atoms with Gasteiger partial charge in [0.2, 0.25) is 0 Å². The van der Waals surface area contributed by atoms with Gasteiger partial charge in [-0.2, -0.15) is 0 Å². The lowest BCUT2D eigenvalue weighted by atomic mass is 9.96. The summed E-state index contributed by atoms with van der Waals surface area (Å²) >= 11 is 0. The Balaban J connectivity index is 1.35. The summed E-state index contributed by atoms with van der Waals surface area (Å²) in [5.74, 6) is -1.48. The highest BCUT2D eigenvalue weighted by Crippen LogP contribution is 2.29. The van der Waals surface area contributed by atoms with Crippen molar-refractivity contribution >= 4 is 55.9 Å². The smallest absolute Gasteiger partial charge is 0.261 e. The third-order valence-corrected chi connectivity index (χ3v) is 10.9. The lowest BCUT2D eigenvalue weighted by Gasteiger charge is -2.24. The number of unbranched alkanes of at least 4 members (excludes halogenated alkanes) is 10. The molecule has 6 heteroatoms. The van der Waals surface area contributed by atoms with Gasteiger partial charge in [-0.3, -0.25) is 29.0 Å². The second-order valence-electron chi connectivity index (χ2n) is 14.8. The molecule has 0 aliphatic rings. The molecule has 0 radical (unpaired) electrons. The minimum Gasteiger partial charge on any atom is -0.274 e. The summed E-state index contributed by atoms with van der Waals surface area (Å²) in [6.45, 7) is 4.94. The molecule has 6 aromatic rings. The molecule has 0 atom stereocenters. The van der Waals surface area contributed by atoms with E-state index in [9.17, 15) is 19.2 Å². The van der Waals surface area contributed by atoms with Gasteiger partial charge in [0.15, 0.2) is 0 Å². The summed E-state index contributed by atoms with van der Waals surface area (Å²) < 4.78 is 0. The lowest BCUT2D eigenvalue weighted by molar-refractivity contribution is 0.0598. The van der Waals surface area contributed by atoms with Crippen LogP contribution in [0.5, 0.6) is 0 Å². The van der Waals surface area contributed by atoms with Crippen molar-refractivity contribution in [2.24, 2.45) is 0 Å². The fraction of sp³-hybridized carbons (Fsp3) is 0.320. The number of imide groups is 2. The molecular weight excluding hydrogens is 693 g/mol. The first-order valence-corrected chi connectivity index (χ1v) is 20.6. The summed E-state index contributed by atoms with van der Waals surface area (Å²) in [5, 5.41) is 4.60. The third-order valence-electron chi connectivity index (χ3n) is 10.9. The van der Waals surface area contributed by atoms with Gasteiger partial charge in [0.1, 0.15) is 0 Å². The quantitative estimate of drug-likeness (QED) is 0.0648. The van der Waals surface area contributed by atoms with E-state index in [1.54, 1.807) is 24.3 Å². The molecule has 4 amide bonds. The average Bonchev–Trinajstić information content (AvgIpc) is 3.24. The number of hydrogen-bond acceptors (Lipinski definition) is 4. The van der Waals surface area contributed by atoms with E-state index in [0.717, 1.165) is 72.9 Å². The van der Waals surface area contributed by atoms with Gasteiger partial charge < -0.3 is 0 Å². The van der Waals surface area contributed by atoms with E-state index in [1.807, 2.05) is 97.1 Å². The molecule has 56 heavy (non-hydrogen) atoms. The van der Waals surface area contributed by atoms with E-state index >= 15 is 0 Å². The Morgan fingerprint density at radius 1 is 0.339 bits per heavy atom. The Bertz CT molecular complexity index is 2140. The number of amides is 4. The normalized spacial score (nSPS) is 11.2. The summed E-state index contributed by atoms with van der Waals surface area (Å²) in [7, 11) is 0. The maximum absolute atomic E-state index is 14.7. The molecule has 6 nitrogen and oxygen atoms in total. The van der Waals surface area contributed by atoms with E-state index < -0.39 is 11.8 Å². The fourth-order valence-electron chi connectivity index (χ4n) is 7.77. The van der Waals surface area contributed by atoms with E-state index in [2.05, 4.69) is 13.8 Å². The number of rotatable bonds is 18. The molecule has 0 unspecified atom stereocenters. The first-order valence-electron chi connectivity index (χ1n) is 20.6. The minimum absolute atomic E-state index is 0.285. The molecule has 6 aromatic carbocycles. The lowest BCUT2D eigenvalue weighted by Crippen LogP contribution is -2.39. The maximum atomic E-state index is 14.7. The first kappa shape index (κ1) is 40.1. The van der Waals surface area contributed by atoms with Crippen LogP contribution in [0.4, 0.5) is 0 Å². The number of nitrogens with zero attached hydrogens (tertiary/aromatic N) is 2. The predicted octanol–water partition coefficient (Wildman–Crippen LogP) is 12.4. The molecule has 0 saturated heterocycles. The van der Waals surface area contributed by atoms with Crippen molar-refractivity contribution in [2.45, 2.75) is 90.9 Å². The van der Waals surface area contributed by atoms with Gasteiger partial charge in [-0.05, 0) is 69.4 Å². The molecule has 0 heterocycles. The van der Waals surface area contributed by atoms with Crippen LogP contribution in [-0.4, -0.2) is 46.5 Å². The van der Waals surface area contributed by atoms with E-state index in [4.69, 9.17) is 0 Å². The number of benzene rings is 6. The van der Waals surface area contributed by atoms with Crippen LogP contribution in [0.25, 0.3) is 32.3 Å². The maximum Gasteiger partial charge on any atom is 0.261 e. The van der Waals surface area contributed by atoms with Gasteiger partial charge in [0.05, 0.1) is 0 Å². The van der Waals surface area contributed by atoms with Gasteiger partial charge >= 0.3 is 0 Å². The third kappa shape index (κ3) is 9.25. The van der Waals surface area contributed by atoms with Gasteiger partial charge in [0.25, 0.3) is 23.6 Å². The summed E-state index contributed by atoms with van der Waals surface area (Å²) in [5.41, 5.74) is 1.66. The zero-order valence-corrected chi connectivity index (χ0v) is 33.0. The van der Waals surface area contributed by atoms with Crippen LogP contribution in [-0.2, 0) is 0 Å². The van der Waals surface area contributed by atoms with Crippen molar-refractivity contribution in [2.75, 3.05) is 13.1 Å². The van der Waals surface area contributed by atoms with Crippen molar-refractivity contribution in [3.63, 3.8) is 0 Å². The largest absolute Gasteiger partial charge is 0.274 e. The Labute approximate surface area is 331 Å². The molecular formula is C50H54N2O4. The van der Waals surface area contributed by atoms with E-state index in [0.29, 0.717) is 45.9 Å².